The van der Waals surface area contributed by atoms with Crippen LogP contribution >= 0.6 is 0 Å². The smallest absolute Gasteiger partial charge is 0.328 e. The van der Waals surface area contributed by atoms with Crippen LogP contribution in [-0.4, -0.2) is 23.0 Å². The van der Waals surface area contributed by atoms with Gasteiger partial charge in [0, 0.05) is 18.2 Å². The van der Waals surface area contributed by atoms with E-state index in [0.29, 0.717) is 0 Å². The lowest BCUT2D eigenvalue weighted by Crippen LogP contribution is -2.35. The van der Waals surface area contributed by atoms with E-state index in [2.05, 4.69) is 5.32 Å². The van der Waals surface area contributed by atoms with E-state index in [1.54, 1.807) is 0 Å². The second-order valence-corrected chi connectivity index (χ2v) is 3.52. The lowest BCUT2D eigenvalue weighted by atomic mass is 9.95. The maximum atomic E-state index is 11.2. The molecule has 5 nitrogen and oxygen atoms in total. The first-order valence-electron chi connectivity index (χ1n) is 4.90. The van der Waals surface area contributed by atoms with Gasteiger partial charge in [0.15, 0.2) is 0 Å². The van der Waals surface area contributed by atoms with Crippen LogP contribution in [-0.2, 0) is 9.59 Å². The molecule has 0 aromatic rings. The monoisotopic (exact) mass is 214 g/mol. The van der Waals surface area contributed by atoms with E-state index in [0.717, 1.165) is 37.8 Å². The maximum Gasteiger partial charge on any atom is 0.328 e. The van der Waals surface area contributed by atoms with Gasteiger partial charge in [0.05, 0.1) is 0 Å². The average Bonchev–Trinajstić information content (AvgIpc) is 2.16. The third kappa shape index (κ3) is 5.85. The zero-order valence-corrected chi connectivity index (χ0v) is 8.74. The number of carboxylic acid groups (broad SMARTS) is 1. The highest BCUT2D eigenvalue weighted by Crippen LogP contribution is 2.17. The van der Waals surface area contributed by atoms with Crippen molar-refractivity contribution in [1.29, 1.82) is 0 Å². The van der Waals surface area contributed by atoms with Gasteiger partial charge in [0.25, 0.3) is 0 Å². The summed E-state index contributed by atoms with van der Waals surface area (Å²) in [6, 6.07) is 0.231. The quantitative estimate of drug-likeness (QED) is 0.615. The number of carbonyl (C=O) groups is 2. The van der Waals surface area contributed by atoms with Crippen molar-refractivity contribution in [2.45, 2.75) is 38.1 Å². The fraction of sp³-hybridized carbons (Fsp3) is 0.600. The minimum absolute atomic E-state index is 0. The van der Waals surface area contributed by atoms with E-state index in [1.807, 2.05) is 0 Å². The third-order valence-electron chi connectivity index (χ3n) is 2.33. The van der Waals surface area contributed by atoms with Crippen LogP contribution in [0.1, 0.15) is 32.1 Å². The van der Waals surface area contributed by atoms with Gasteiger partial charge in [-0.05, 0) is 12.8 Å². The number of hydrogen-bond donors (Lipinski definition) is 3. The van der Waals surface area contributed by atoms with Crippen LogP contribution in [0.2, 0.25) is 0 Å². The predicted molar refractivity (Wildman–Crippen MR) is 56.8 cm³/mol. The molecule has 0 unspecified atom stereocenters. The minimum atomic E-state index is -1.09. The van der Waals surface area contributed by atoms with Crippen LogP contribution in [0.25, 0.3) is 0 Å². The first-order chi connectivity index (χ1) is 6.68. The molecule has 0 radical (unpaired) electrons. The van der Waals surface area contributed by atoms with E-state index in [4.69, 9.17) is 5.11 Å². The van der Waals surface area contributed by atoms with Gasteiger partial charge >= 0.3 is 5.97 Å². The molecule has 1 rings (SSSR count). The summed E-state index contributed by atoms with van der Waals surface area (Å²) in [5, 5.41) is 11.1. The Hall–Kier alpha value is -1.36. The Kier molecular flexibility index (Phi) is 6.37. The summed E-state index contributed by atoms with van der Waals surface area (Å²) in [6.07, 6.45) is 7.47. The average molecular weight is 214 g/mol. The van der Waals surface area contributed by atoms with E-state index in [-0.39, 0.29) is 18.1 Å². The standard InChI is InChI=1S/C10H15NO3.H3N/c12-9(6-7-10(13)14)11-8-4-2-1-3-5-8;/h6-8H,1-5H2,(H,11,12)(H,13,14);1H3/b7-6-;. The van der Waals surface area contributed by atoms with Crippen LogP contribution in [0.3, 0.4) is 0 Å². The van der Waals surface area contributed by atoms with E-state index < -0.39 is 5.97 Å². The normalized spacial score (nSPS) is 17.1. The van der Waals surface area contributed by atoms with Crippen LogP contribution in [0.15, 0.2) is 12.2 Å². The van der Waals surface area contributed by atoms with E-state index in [1.165, 1.54) is 6.42 Å². The molecule has 1 saturated carbocycles. The molecule has 0 heterocycles. The van der Waals surface area contributed by atoms with Crippen LogP contribution in [0, 0.1) is 0 Å². The summed E-state index contributed by atoms with van der Waals surface area (Å²) in [4.78, 5) is 21.3. The highest BCUT2D eigenvalue weighted by Gasteiger charge is 2.14. The number of hydrogen-bond acceptors (Lipinski definition) is 3. The van der Waals surface area contributed by atoms with E-state index >= 15 is 0 Å². The topological polar surface area (TPSA) is 101 Å². The lowest BCUT2D eigenvalue weighted by molar-refractivity contribution is -0.131. The number of aliphatic carboxylic acids is 1. The summed E-state index contributed by atoms with van der Waals surface area (Å²) < 4.78 is 0. The molecule has 5 N–H and O–H groups in total. The first kappa shape index (κ1) is 13.6. The van der Waals surface area contributed by atoms with Crippen molar-refractivity contribution in [2.75, 3.05) is 0 Å². The highest BCUT2D eigenvalue weighted by molar-refractivity contribution is 5.93. The zero-order valence-electron chi connectivity index (χ0n) is 8.74. The molecule has 0 spiro atoms. The molecule has 0 saturated heterocycles. The SMILES string of the molecule is N.O=C(O)/C=C\C(=O)NC1CCCCC1. The summed E-state index contributed by atoms with van der Waals surface area (Å²) in [5.41, 5.74) is 0. The number of amides is 1. The fourth-order valence-electron chi connectivity index (χ4n) is 1.64. The van der Waals surface area contributed by atoms with Crippen molar-refractivity contribution in [2.24, 2.45) is 0 Å². The summed E-state index contributed by atoms with van der Waals surface area (Å²) in [5.74, 6) is -1.40. The molecule has 5 heteroatoms. The van der Waals surface area contributed by atoms with Crippen molar-refractivity contribution >= 4 is 11.9 Å². The largest absolute Gasteiger partial charge is 0.478 e. The number of nitrogens with one attached hydrogen (secondary N) is 1. The van der Waals surface area contributed by atoms with Gasteiger partial charge in [0.1, 0.15) is 0 Å². The van der Waals surface area contributed by atoms with Crippen LogP contribution in [0.4, 0.5) is 0 Å². The van der Waals surface area contributed by atoms with Crippen molar-refractivity contribution in [1.82, 2.24) is 11.5 Å². The number of rotatable bonds is 3. The van der Waals surface area contributed by atoms with Gasteiger partial charge in [-0.15, -0.1) is 0 Å². The summed E-state index contributed by atoms with van der Waals surface area (Å²) >= 11 is 0. The van der Waals surface area contributed by atoms with Gasteiger partial charge in [-0.25, -0.2) is 4.79 Å². The Morgan fingerprint density at radius 1 is 1.13 bits per heavy atom. The van der Waals surface area contributed by atoms with Crippen LogP contribution < -0.4 is 11.5 Å². The fourth-order valence-corrected chi connectivity index (χ4v) is 1.64. The van der Waals surface area contributed by atoms with E-state index in [9.17, 15) is 9.59 Å². The predicted octanol–water partition coefficient (Wildman–Crippen LogP) is 1.24. The Bertz CT molecular complexity index is 245. The van der Waals surface area contributed by atoms with Gasteiger partial charge < -0.3 is 16.6 Å². The lowest BCUT2D eigenvalue weighted by Gasteiger charge is -2.21. The highest BCUT2D eigenvalue weighted by atomic mass is 16.4. The van der Waals surface area contributed by atoms with Crippen molar-refractivity contribution in [3.8, 4) is 0 Å². The minimum Gasteiger partial charge on any atom is -0.478 e. The molecule has 0 bridgehead atoms. The van der Waals surface area contributed by atoms with Gasteiger partial charge in [-0.1, -0.05) is 19.3 Å². The number of carboxylic acids is 1. The Labute approximate surface area is 89.1 Å². The molecule has 0 aromatic carbocycles. The zero-order chi connectivity index (χ0) is 10.4. The molecule has 1 fully saturated rings. The van der Waals surface area contributed by atoms with Crippen LogP contribution in [0.5, 0.6) is 0 Å². The van der Waals surface area contributed by atoms with Crippen molar-refractivity contribution in [3.63, 3.8) is 0 Å². The molecular formula is C10H18N2O3. The molecule has 86 valence electrons. The molecule has 1 aliphatic carbocycles. The summed E-state index contributed by atoms with van der Waals surface area (Å²) in [7, 11) is 0. The maximum absolute atomic E-state index is 11.2. The van der Waals surface area contributed by atoms with Crippen molar-refractivity contribution < 1.29 is 14.7 Å². The molecular weight excluding hydrogens is 196 g/mol. The second kappa shape index (κ2) is 7.00. The first-order valence-corrected chi connectivity index (χ1v) is 4.90. The molecule has 15 heavy (non-hydrogen) atoms. The molecule has 1 aliphatic rings. The van der Waals surface area contributed by atoms with Crippen molar-refractivity contribution in [3.05, 3.63) is 12.2 Å². The van der Waals surface area contributed by atoms with Gasteiger partial charge in [0.2, 0.25) is 5.91 Å². The number of carbonyl (C=O) groups excluding carboxylic acids is 1. The Morgan fingerprint density at radius 3 is 2.27 bits per heavy atom. The molecule has 0 aliphatic heterocycles. The van der Waals surface area contributed by atoms with Gasteiger partial charge in [-0.3, -0.25) is 4.79 Å². The third-order valence-corrected chi connectivity index (χ3v) is 2.33. The van der Waals surface area contributed by atoms with Gasteiger partial charge in [-0.2, -0.15) is 0 Å². The molecule has 1 amide bonds. The Balaban J connectivity index is 0.00000196. The Morgan fingerprint density at radius 2 is 1.73 bits per heavy atom. The second-order valence-electron chi connectivity index (χ2n) is 3.52. The molecule has 0 atom stereocenters. The molecule has 0 aromatic heterocycles. The summed E-state index contributed by atoms with van der Waals surface area (Å²) in [6.45, 7) is 0.